The van der Waals surface area contributed by atoms with Crippen LogP contribution in [0.1, 0.15) is 53.5 Å². The van der Waals surface area contributed by atoms with Gasteiger partial charge in [0, 0.05) is 19.5 Å². The summed E-state index contributed by atoms with van der Waals surface area (Å²) in [5.74, 6) is 1.74. The molecule has 21 heavy (non-hydrogen) atoms. The minimum absolute atomic E-state index is 0.114. The number of nitrogens with zero attached hydrogens (tertiary/aromatic N) is 3. The number of piperidine rings is 1. The molecular weight excluding hydrogens is 286 g/mol. The van der Waals surface area contributed by atoms with Gasteiger partial charge in [0.1, 0.15) is 0 Å². The van der Waals surface area contributed by atoms with Crippen LogP contribution < -0.4 is 0 Å². The van der Waals surface area contributed by atoms with Crippen LogP contribution in [0.25, 0.3) is 0 Å². The van der Waals surface area contributed by atoms with Crippen LogP contribution in [-0.2, 0) is 6.42 Å². The SMILES string of the molecule is CCCc1noc(C2CCCN(C(=O)c3cccs3)C2)n1. The fourth-order valence-corrected chi connectivity index (χ4v) is 3.37. The lowest BCUT2D eigenvalue weighted by atomic mass is 9.98. The molecule has 1 aliphatic heterocycles. The first-order chi connectivity index (χ1) is 10.3. The van der Waals surface area contributed by atoms with E-state index in [0.29, 0.717) is 12.4 Å². The number of hydrogen-bond acceptors (Lipinski definition) is 5. The minimum atomic E-state index is 0.114. The van der Waals surface area contributed by atoms with Gasteiger partial charge in [-0.1, -0.05) is 18.1 Å². The van der Waals surface area contributed by atoms with E-state index in [-0.39, 0.29) is 11.8 Å². The van der Waals surface area contributed by atoms with Crippen molar-refractivity contribution in [3.63, 3.8) is 0 Å². The van der Waals surface area contributed by atoms with Crippen LogP contribution in [0.2, 0.25) is 0 Å². The minimum Gasteiger partial charge on any atom is -0.339 e. The summed E-state index contributed by atoms with van der Waals surface area (Å²) in [7, 11) is 0. The molecule has 0 spiro atoms. The van der Waals surface area contributed by atoms with Gasteiger partial charge in [-0.15, -0.1) is 11.3 Å². The maximum atomic E-state index is 12.4. The van der Waals surface area contributed by atoms with Crippen molar-refractivity contribution in [2.24, 2.45) is 0 Å². The molecule has 0 saturated carbocycles. The molecule has 1 unspecified atom stereocenters. The third-order valence-corrected chi connectivity index (χ3v) is 4.61. The van der Waals surface area contributed by atoms with E-state index in [1.165, 1.54) is 11.3 Å². The van der Waals surface area contributed by atoms with Crippen molar-refractivity contribution >= 4 is 17.2 Å². The Labute approximate surface area is 128 Å². The molecule has 1 saturated heterocycles. The first kappa shape index (κ1) is 14.3. The highest BCUT2D eigenvalue weighted by Gasteiger charge is 2.29. The Balaban J connectivity index is 1.69. The molecule has 1 aliphatic rings. The average molecular weight is 305 g/mol. The van der Waals surface area contributed by atoms with E-state index in [4.69, 9.17) is 4.52 Å². The average Bonchev–Trinajstić information content (AvgIpc) is 3.18. The standard InChI is InChI=1S/C15H19N3O2S/c1-2-5-13-16-14(20-17-13)11-6-3-8-18(10-11)15(19)12-7-4-9-21-12/h4,7,9,11H,2-3,5-6,8,10H2,1H3. The number of hydrogen-bond donors (Lipinski definition) is 0. The predicted molar refractivity (Wildman–Crippen MR) is 80.5 cm³/mol. The molecule has 1 fully saturated rings. The van der Waals surface area contributed by atoms with Crippen molar-refractivity contribution in [1.82, 2.24) is 15.0 Å². The first-order valence-corrected chi connectivity index (χ1v) is 8.31. The quantitative estimate of drug-likeness (QED) is 0.871. The highest BCUT2D eigenvalue weighted by Crippen LogP contribution is 2.27. The molecule has 6 heteroatoms. The summed E-state index contributed by atoms with van der Waals surface area (Å²) >= 11 is 1.49. The number of thiophene rings is 1. The number of carbonyl (C=O) groups excluding carboxylic acids is 1. The van der Waals surface area contributed by atoms with Gasteiger partial charge in [0.15, 0.2) is 5.82 Å². The van der Waals surface area contributed by atoms with Crippen molar-refractivity contribution in [3.05, 3.63) is 34.1 Å². The van der Waals surface area contributed by atoms with Gasteiger partial charge >= 0.3 is 0 Å². The van der Waals surface area contributed by atoms with Gasteiger partial charge in [-0.25, -0.2) is 0 Å². The third kappa shape index (κ3) is 3.15. The van der Waals surface area contributed by atoms with E-state index >= 15 is 0 Å². The number of amides is 1. The monoisotopic (exact) mass is 305 g/mol. The fraction of sp³-hybridized carbons (Fsp3) is 0.533. The van der Waals surface area contributed by atoms with E-state index in [1.807, 2.05) is 22.4 Å². The molecule has 2 aromatic rings. The van der Waals surface area contributed by atoms with E-state index in [0.717, 1.165) is 42.9 Å². The van der Waals surface area contributed by atoms with Crippen molar-refractivity contribution in [3.8, 4) is 0 Å². The van der Waals surface area contributed by atoms with Crippen LogP contribution in [0.5, 0.6) is 0 Å². The number of likely N-dealkylation sites (tertiary alicyclic amines) is 1. The van der Waals surface area contributed by atoms with Crippen LogP contribution in [-0.4, -0.2) is 34.0 Å². The zero-order valence-corrected chi connectivity index (χ0v) is 12.9. The first-order valence-electron chi connectivity index (χ1n) is 7.43. The smallest absolute Gasteiger partial charge is 0.263 e. The third-order valence-electron chi connectivity index (χ3n) is 3.75. The molecule has 3 heterocycles. The van der Waals surface area contributed by atoms with Gasteiger partial charge in [0.05, 0.1) is 10.8 Å². The molecule has 3 rings (SSSR count). The van der Waals surface area contributed by atoms with Gasteiger partial charge in [-0.05, 0) is 30.7 Å². The van der Waals surface area contributed by atoms with Gasteiger partial charge in [0.2, 0.25) is 5.89 Å². The summed E-state index contributed by atoms with van der Waals surface area (Å²) in [6.07, 6.45) is 3.83. The molecule has 112 valence electrons. The Morgan fingerprint density at radius 1 is 1.57 bits per heavy atom. The largest absolute Gasteiger partial charge is 0.339 e. The zero-order chi connectivity index (χ0) is 14.7. The summed E-state index contributed by atoms with van der Waals surface area (Å²) in [5.41, 5.74) is 0. The van der Waals surface area contributed by atoms with Crippen LogP contribution in [0, 0.1) is 0 Å². The maximum absolute atomic E-state index is 12.4. The molecule has 0 aliphatic carbocycles. The van der Waals surface area contributed by atoms with Crippen molar-refractivity contribution in [2.75, 3.05) is 13.1 Å². The predicted octanol–water partition coefficient (Wildman–Crippen LogP) is 3.10. The number of aryl methyl sites for hydroxylation is 1. The van der Waals surface area contributed by atoms with Gasteiger partial charge in [0.25, 0.3) is 5.91 Å². The Hall–Kier alpha value is -1.69. The van der Waals surface area contributed by atoms with E-state index in [2.05, 4.69) is 17.1 Å². The summed E-state index contributed by atoms with van der Waals surface area (Å²) in [6, 6.07) is 3.79. The molecule has 0 radical (unpaired) electrons. The lowest BCUT2D eigenvalue weighted by molar-refractivity contribution is 0.0700. The molecular formula is C15H19N3O2S. The van der Waals surface area contributed by atoms with Gasteiger partial charge in [-0.2, -0.15) is 4.98 Å². The van der Waals surface area contributed by atoms with Crippen LogP contribution in [0.15, 0.2) is 22.0 Å². The van der Waals surface area contributed by atoms with Crippen LogP contribution in [0.4, 0.5) is 0 Å². The highest BCUT2D eigenvalue weighted by atomic mass is 32.1. The van der Waals surface area contributed by atoms with E-state index in [1.54, 1.807) is 0 Å². The Morgan fingerprint density at radius 3 is 3.24 bits per heavy atom. The van der Waals surface area contributed by atoms with E-state index in [9.17, 15) is 4.79 Å². The zero-order valence-electron chi connectivity index (χ0n) is 12.1. The summed E-state index contributed by atoms with van der Waals surface area (Å²) in [4.78, 5) is 19.6. The Bertz CT molecular complexity index is 594. The molecule has 0 bridgehead atoms. The van der Waals surface area contributed by atoms with Gasteiger partial charge in [-0.3, -0.25) is 4.79 Å². The topological polar surface area (TPSA) is 59.2 Å². The van der Waals surface area contributed by atoms with Crippen molar-refractivity contribution in [2.45, 2.75) is 38.5 Å². The van der Waals surface area contributed by atoms with Crippen LogP contribution >= 0.6 is 11.3 Å². The second kappa shape index (κ2) is 6.39. The summed E-state index contributed by atoms with van der Waals surface area (Å²) in [5, 5.41) is 5.95. The van der Waals surface area contributed by atoms with Gasteiger partial charge < -0.3 is 9.42 Å². The fourth-order valence-electron chi connectivity index (χ4n) is 2.68. The Kier molecular flexibility index (Phi) is 4.34. The molecule has 5 nitrogen and oxygen atoms in total. The second-order valence-corrected chi connectivity index (χ2v) is 6.31. The van der Waals surface area contributed by atoms with Crippen molar-refractivity contribution < 1.29 is 9.32 Å². The lowest BCUT2D eigenvalue weighted by Gasteiger charge is -2.30. The molecule has 1 atom stereocenters. The highest BCUT2D eigenvalue weighted by molar-refractivity contribution is 7.12. The number of aromatic nitrogens is 2. The van der Waals surface area contributed by atoms with E-state index < -0.39 is 0 Å². The number of rotatable bonds is 4. The maximum Gasteiger partial charge on any atom is 0.263 e. The summed E-state index contributed by atoms with van der Waals surface area (Å²) in [6.45, 7) is 3.58. The lowest BCUT2D eigenvalue weighted by Crippen LogP contribution is -2.38. The van der Waals surface area contributed by atoms with Crippen molar-refractivity contribution in [1.29, 1.82) is 0 Å². The molecule has 2 aromatic heterocycles. The normalized spacial score (nSPS) is 18.9. The molecule has 0 N–H and O–H groups in total. The Morgan fingerprint density at radius 2 is 2.48 bits per heavy atom. The summed E-state index contributed by atoms with van der Waals surface area (Å²) < 4.78 is 5.38. The second-order valence-electron chi connectivity index (χ2n) is 5.37. The molecule has 0 aromatic carbocycles. The number of carbonyl (C=O) groups is 1. The molecule has 1 amide bonds. The van der Waals surface area contributed by atoms with Crippen LogP contribution in [0.3, 0.4) is 0 Å².